The summed E-state index contributed by atoms with van der Waals surface area (Å²) in [6, 6.07) is 3.62. The SMILES string of the molecule is N#CCCN(C1CCC(O)CC1)C1CC1. The number of rotatable bonds is 4. The smallest absolute Gasteiger partial charge is 0.0635 e. The van der Waals surface area contributed by atoms with Crippen molar-refractivity contribution in [2.75, 3.05) is 6.54 Å². The minimum atomic E-state index is -0.0710. The number of aliphatic hydroxyl groups is 1. The monoisotopic (exact) mass is 208 g/mol. The van der Waals surface area contributed by atoms with Gasteiger partial charge in [0, 0.05) is 25.0 Å². The van der Waals surface area contributed by atoms with Gasteiger partial charge in [0.05, 0.1) is 12.2 Å². The van der Waals surface area contributed by atoms with Gasteiger partial charge in [-0.15, -0.1) is 0 Å². The minimum absolute atomic E-state index is 0.0710. The van der Waals surface area contributed by atoms with Crippen LogP contribution in [0, 0.1) is 11.3 Å². The molecule has 0 saturated heterocycles. The highest BCUT2D eigenvalue weighted by molar-refractivity contribution is 4.92. The lowest BCUT2D eigenvalue weighted by molar-refractivity contribution is 0.0709. The van der Waals surface area contributed by atoms with Crippen LogP contribution in [0.2, 0.25) is 0 Å². The van der Waals surface area contributed by atoms with E-state index in [2.05, 4.69) is 11.0 Å². The fourth-order valence-electron chi connectivity index (χ4n) is 2.64. The molecule has 0 amide bonds. The van der Waals surface area contributed by atoms with Gasteiger partial charge < -0.3 is 5.11 Å². The van der Waals surface area contributed by atoms with Crippen LogP contribution in [-0.2, 0) is 0 Å². The van der Waals surface area contributed by atoms with Crippen molar-refractivity contribution in [1.82, 2.24) is 4.90 Å². The van der Waals surface area contributed by atoms with Gasteiger partial charge in [0.25, 0.3) is 0 Å². The zero-order chi connectivity index (χ0) is 10.7. The summed E-state index contributed by atoms with van der Waals surface area (Å²) in [6.07, 6.45) is 7.32. The molecular weight excluding hydrogens is 188 g/mol. The molecule has 0 unspecified atom stereocenters. The quantitative estimate of drug-likeness (QED) is 0.764. The maximum absolute atomic E-state index is 9.47. The van der Waals surface area contributed by atoms with Crippen LogP contribution in [0.25, 0.3) is 0 Å². The van der Waals surface area contributed by atoms with Crippen molar-refractivity contribution in [2.24, 2.45) is 0 Å². The third kappa shape index (κ3) is 2.93. The van der Waals surface area contributed by atoms with Gasteiger partial charge in [0.2, 0.25) is 0 Å². The second kappa shape index (κ2) is 4.96. The summed E-state index contributed by atoms with van der Waals surface area (Å²) >= 11 is 0. The van der Waals surface area contributed by atoms with Gasteiger partial charge in [-0.2, -0.15) is 5.26 Å². The van der Waals surface area contributed by atoms with E-state index in [0.29, 0.717) is 12.5 Å². The van der Waals surface area contributed by atoms with E-state index in [9.17, 15) is 5.11 Å². The third-order valence-electron chi connectivity index (χ3n) is 3.63. The topological polar surface area (TPSA) is 47.3 Å². The van der Waals surface area contributed by atoms with Crippen molar-refractivity contribution in [3.05, 3.63) is 0 Å². The van der Waals surface area contributed by atoms with Crippen molar-refractivity contribution in [3.8, 4) is 6.07 Å². The molecule has 84 valence electrons. The molecule has 0 heterocycles. The molecule has 0 spiro atoms. The Balaban J connectivity index is 1.84. The normalized spacial score (nSPS) is 31.5. The van der Waals surface area contributed by atoms with E-state index in [1.54, 1.807) is 0 Å². The number of nitriles is 1. The summed E-state index contributed by atoms with van der Waals surface area (Å²) < 4.78 is 0. The Bertz CT molecular complexity index is 236. The largest absolute Gasteiger partial charge is 0.393 e. The van der Waals surface area contributed by atoms with Crippen LogP contribution >= 0.6 is 0 Å². The molecule has 2 aliphatic carbocycles. The van der Waals surface area contributed by atoms with Gasteiger partial charge in [-0.1, -0.05) is 0 Å². The molecular formula is C12H20N2O. The lowest BCUT2D eigenvalue weighted by atomic mass is 9.91. The van der Waals surface area contributed by atoms with E-state index >= 15 is 0 Å². The molecule has 2 saturated carbocycles. The fraction of sp³-hybridized carbons (Fsp3) is 0.917. The molecule has 3 nitrogen and oxygen atoms in total. The van der Waals surface area contributed by atoms with E-state index in [1.165, 1.54) is 12.8 Å². The van der Waals surface area contributed by atoms with Crippen LogP contribution in [0.3, 0.4) is 0 Å². The van der Waals surface area contributed by atoms with Gasteiger partial charge in [-0.25, -0.2) is 0 Å². The van der Waals surface area contributed by atoms with Crippen LogP contribution in [0.4, 0.5) is 0 Å². The van der Waals surface area contributed by atoms with Gasteiger partial charge in [-0.3, -0.25) is 4.90 Å². The molecule has 0 bridgehead atoms. The van der Waals surface area contributed by atoms with E-state index < -0.39 is 0 Å². The molecule has 0 aromatic rings. The average Bonchev–Trinajstić information content (AvgIpc) is 3.05. The second-order valence-electron chi connectivity index (χ2n) is 4.84. The molecule has 15 heavy (non-hydrogen) atoms. The minimum Gasteiger partial charge on any atom is -0.393 e. The highest BCUT2D eigenvalue weighted by Gasteiger charge is 2.34. The number of aliphatic hydroxyl groups excluding tert-OH is 1. The van der Waals surface area contributed by atoms with Crippen molar-refractivity contribution in [2.45, 2.75) is 63.1 Å². The van der Waals surface area contributed by atoms with Crippen molar-refractivity contribution < 1.29 is 5.11 Å². The van der Waals surface area contributed by atoms with Crippen molar-refractivity contribution in [3.63, 3.8) is 0 Å². The first-order valence-corrected chi connectivity index (χ1v) is 6.12. The number of hydrogen-bond acceptors (Lipinski definition) is 3. The Kier molecular flexibility index (Phi) is 3.61. The maximum atomic E-state index is 9.47. The highest BCUT2D eigenvalue weighted by atomic mass is 16.3. The predicted octanol–water partition coefficient (Wildman–Crippen LogP) is 1.67. The van der Waals surface area contributed by atoms with E-state index in [1.807, 2.05) is 0 Å². The van der Waals surface area contributed by atoms with Crippen LogP contribution < -0.4 is 0 Å². The first-order valence-electron chi connectivity index (χ1n) is 6.12. The molecule has 0 atom stereocenters. The van der Waals surface area contributed by atoms with Crippen LogP contribution in [0.1, 0.15) is 44.9 Å². The summed E-state index contributed by atoms with van der Waals surface area (Å²) in [5.41, 5.74) is 0. The van der Waals surface area contributed by atoms with Gasteiger partial charge in [0.1, 0.15) is 0 Å². The van der Waals surface area contributed by atoms with Crippen LogP contribution in [0.15, 0.2) is 0 Å². The van der Waals surface area contributed by atoms with Gasteiger partial charge >= 0.3 is 0 Å². The first-order chi connectivity index (χ1) is 7.31. The van der Waals surface area contributed by atoms with Crippen molar-refractivity contribution >= 4 is 0 Å². The lowest BCUT2D eigenvalue weighted by Crippen LogP contribution is -2.41. The zero-order valence-electron chi connectivity index (χ0n) is 9.23. The summed E-state index contributed by atoms with van der Waals surface area (Å²) in [4.78, 5) is 2.52. The summed E-state index contributed by atoms with van der Waals surface area (Å²) in [5.74, 6) is 0. The van der Waals surface area contributed by atoms with E-state index in [-0.39, 0.29) is 6.10 Å². The molecule has 0 aromatic carbocycles. The Morgan fingerprint density at radius 2 is 1.60 bits per heavy atom. The highest BCUT2D eigenvalue weighted by Crippen LogP contribution is 2.33. The standard InChI is InChI=1S/C12H20N2O/c13-8-1-9-14(10-2-3-10)11-4-6-12(15)7-5-11/h10-12,15H,1-7,9H2. The maximum Gasteiger partial charge on any atom is 0.0635 e. The van der Waals surface area contributed by atoms with Gasteiger partial charge in [0.15, 0.2) is 0 Å². The summed E-state index contributed by atoms with van der Waals surface area (Å²) in [6.45, 7) is 0.932. The zero-order valence-corrected chi connectivity index (χ0v) is 9.23. The number of nitrogens with zero attached hydrogens (tertiary/aromatic N) is 2. The van der Waals surface area contributed by atoms with Crippen molar-refractivity contribution in [1.29, 1.82) is 5.26 Å². The molecule has 0 radical (unpaired) electrons. The van der Waals surface area contributed by atoms with Gasteiger partial charge in [-0.05, 0) is 38.5 Å². The molecule has 2 rings (SSSR count). The third-order valence-corrected chi connectivity index (χ3v) is 3.63. The molecule has 2 fully saturated rings. The second-order valence-corrected chi connectivity index (χ2v) is 4.84. The molecule has 2 aliphatic rings. The van der Waals surface area contributed by atoms with E-state index in [0.717, 1.165) is 38.3 Å². The Morgan fingerprint density at radius 3 is 2.07 bits per heavy atom. The fourth-order valence-corrected chi connectivity index (χ4v) is 2.64. The van der Waals surface area contributed by atoms with Crippen LogP contribution in [-0.4, -0.2) is 34.7 Å². The Morgan fingerprint density at radius 1 is 1.07 bits per heavy atom. The summed E-state index contributed by atoms with van der Waals surface area (Å²) in [7, 11) is 0. The Hall–Kier alpha value is -0.590. The molecule has 1 N–H and O–H groups in total. The average molecular weight is 208 g/mol. The predicted molar refractivity (Wildman–Crippen MR) is 58.2 cm³/mol. The first kappa shape index (κ1) is 10.9. The van der Waals surface area contributed by atoms with Crippen LogP contribution in [0.5, 0.6) is 0 Å². The lowest BCUT2D eigenvalue weighted by Gasteiger charge is -2.35. The van der Waals surface area contributed by atoms with E-state index in [4.69, 9.17) is 5.26 Å². The Labute approximate surface area is 91.7 Å². The number of hydrogen-bond donors (Lipinski definition) is 1. The molecule has 0 aliphatic heterocycles. The summed E-state index contributed by atoms with van der Waals surface area (Å²) in [5, 5.41) is 18.1. The molecule has 3 heteroatoms. The molecule has 0 aromatic heterocycles.